The monoisotopic (exact) mass is 400 g/mol. The van der Waals surface area contributed by atoms with E-state index >= 15 is 0 Å². The number of piperidine rings is 1. The Balaban J connectivity index is 1.42. The number of nitrogens with zero attached hydrogens (tertiary/aromatic N) is 2. The van der Waals surface area contributed by atoms with Crippen LogP contribution in [0.4, 0.5) is 8.78 Å². The van der Waals surface area contributed by atoms with Crippen molar-refractivity contribution in [3.63, 3.8) is 0 Å². The number of alkyl halides is 2. The van der Waals surface area contributed by atoms with Gasteiger partial charge in [-0.25, -0.2) is 17.2 Å². The van der Waals surface area contributed by atoms with Gasteiger partial charge in [0.15, 0.2) is 0 Å². The molecule has 9 heteroatoms. The number of benzene rings is 1. The van der Waals surface area contributed by atoms with Crippen LogP contribution in [-0.4, -0.2) is 68.8 Å². The minimum absolute atomic E-state index is 0.0733. The van der Waals surface area contributed by atoms with E-state index in [1.165, 1.54) is 28.6 Å². The number of rotatable bonds is 3. The van der Waals surface area contributed by atoms with Crippen LogP contribution in [-0.2, 0) is 14.8 Å². The van der Waals surface area contributed by atoms with Crippen molar-refractivity contribution >= 4 is 15.9 Å². The number of amides is 1. The highest BCUT2D eigenvalue weighted by molar-refractivity contribution is 7.89. The SMILES string of the molecule is O=C(c1ccc(S(=O)(=O)N2CCOCC2)cc1)N1CCC2(CC1)CC2(F)F. The second-order valence-corrected chi connectivity index (χ2v) is 9.43. The molecule has 2 heterocycles. The average molecular weight is 400 g/mol. The molecule has 0 aromatic heterocycles. The number of hydrogen-bond donors (Lipinski definition) is 0. The molecule has 1 aromatic rings. The molecule has 1 aliphatic carbocycles. The standard InChI is InChI=1S/C18H22F2N2O4S/c19-18(20)13-17(18)5-7-21(8-6-17)16(23)14-1-3-15(4-2-14)27(24,25)22-9-11-26-12-10-22/h1-4H,5-13H2. The number of morpholine rings is 1. The molecule has 0 unspecified atom stereocenters. The van der Waals surface area contributed by atoms with Crippen LogP contribution < -0.4 is 0 Å². The number of carbonyl (C=O) groups is 1. The zero-order valence-corrected chi connectivity index (χ0v) is 15.7. The summed E-state index contributed by atoms with van der Waals surface area (Å²) in [5, 5.41) is 0. The number of halogens is 2. The lowest BCUT2D eigenvalue weighted by Gasteiger charge is -2.32. The summed E-state index contributed by atoms with van der Waals surface area (Å²) in [4.78, 5) is 14.3. The first-order chi connectivity index (χ1) is 12.8. The van der Waals surface area contributed by atoms with Gasteiger partial charge in [0.05, 0.1) is 18.1 Å². The molecule has 0 radical (unpaired) electrons. The Morgan fingerprint density at radius 2 is 1.56 bits per heavy atom. The van der Waals surface area contributed by atoms with Crippen molar-refractivity contribution in [2.45, 2.75) is 30.1 Å². The Morgan fingerprint density at radius 3 is 2.07 bits per heavy atom. The van der Waals surface area contributed by atoms with Gasteiger partial charge in [-0.2, -0.15) is 4.31 Å². The van der Waals surface area contributed by atoms with Gasteiger partial charge in [-0.05, 0) is 37.1 Å². The number of sulfonamides is 1. The molecule has 27 heavy (non-hydrogen) atoms. The molecule has 3 fully saturated rings. The molecule has 3 aliphatic rings. The van der Waals surface area contributed by atoms with E-state index in [9.17, 15) is 22.0 Å². The number of carbonyl (C=O) groups excluding carboxylic acids is 1. The first-order valence-electron chi connectivity index (χ1n) is 9.10. The van der Waals surface area contributed by atoms with E-state index < -0.39 is 21.4 Å². The van der Waals surface area contributed by atoms with Gasteiger partial charge in [0.25, 0.3) is 11.8 Å². The van der Waals surface area contributed by atoms with Crippen LogP contribution in [0.15, 0.2) is 29.2 Å². The van der Waals surface area contributed by atoms with Crippen LogP contribution in [0.5, 0.6) is 0 Å². The third kappa shape index (κ3) is 3.25. The summed E-state index contributed by atoms with van der Waals surface area (Å²) in [6.07, 6.45) is 0.556. The second kappa shape index (κ2) is 6.49. The summed E-state index contributed by atoms with van der Waals surface area (Å²) in [6.45, 7) is 1.97. The van der Waals surface area contributed by atoms with Crippen LogP contribution in [0.3, 0.4) is 0 Å². The van der Waals surface area contributed by atoms with E-state index in [0.717, 1.165) is 0 Å². The Morgan fingerprint density at radius 1 is 1.00 bits per heavy atom. The van der Waals surface area contributed by atoms with Crippen molar-refractivity contribution in [3.8, 4) is 0 Å². The van der Waals surface area contributed by atoms with Crippen molar-refractivity contribution in [1.29, 1.82) is 0 Å². The van der Waals surface area contributed by atoms with Gasteiger partial charge in [-0.3, -0.25) is 4.79 Å². The van der Waals surface area contributed by atoms with Crippen LogP contribution >= 0.6 is 0 Å². The highest BCUT2D eigenvalue weighted by atomic mass is 32.2. The lowest BCUT2D eigenvalue weighted by atomic mass is 9.92. The molecule has 0 N–H and O–H groups in total. The van der Waals surface area contributed by atoms with E-state index in [-0.39, 0.29) is 17.2 Å². The first-order valence-corrected chi connectivity index (χ1v) is 10.5. The Labute approximate surface area is 157 Å². The van der Waals surface area contributed by atoms with E-state index in [4.69, 9.17) is 4.74 Å². The molecular weight excluding hydrogens is 378 g/mol. The number of ether oxygens (including phenoxy) is 1. The van der Waals surface area contributed by atoms with Gasteiger partial charge in [0.2, 0.25) is 10.0 Å². The van der Waals surface area contributed by atoms with Crippen molar-refractivity contribution in [2.75, 3.05) is 39.4 Å². The summed E-state index contributed by atoms with van der Waals surface area (Å²) in [7, 11) is -3.60. The molecule has 2 aliphatic heterocycles. The maximum absolute atomic E-state index is 13.5. The van der Waals surface area contributed by atoms with Gasteiger partial charge >= 0.3 is 0 Å². The molecule has 1 amide bonds. The van der Waals surface area contributed by atoms with E-state index in [1.54, 1.807) is 4.90 Å². The molecule has 6 nitrogen and oxygen atoms in total. The summed E-state index contributed by atoms with van der Waals surface area (Å²) < 4.78 is 58.7. The van der Waals surface area contributed by atoms with E-state index in [0.29, 0.717) is 57.8 Å². The fourth-order valence-corrected chi connectivity index (χ4v) is 5.36. The van der Waals surface area contributed by atoms with Gasteiger partial charge in [-0.15, -0.1) is 0 Å². The van der Waals surface area contributed by atoms with Gasteiger partial charge in [0, 0.05) is 43.6 Å². The van der Waals surface area contributed by atoms with Gasteiger partial charge in [0.1, 0.15) is 0 Å². The molecule has 4 rings (SSSR count). The molecule has 2 saturated heterocycles. The highest BCUT2D eigenvalue weighted by Gasteiger charge is 2.70. The Kier molecular flexibility index (Phi) is 4.51. The largest absolute Gasteiger partial charge is 0.379 e. The summed E-state index contributed by atoms with van der Waals surface area (Å²) in [5.74, 6) is -2.83. The molecule has 1 aromatic carbocycles. The van der Waals surface area contributed by atoms with Gasteiger partial charge in [-0.1, -0.05) is 0 Å². The fourth-order valence-electron chi connectivity index (χ4n) is 3.95. The van der Waals surface area contributed by atoms with Crippen molar-refractivity contribution in [1.82, 2.24) is 9.21 Å². The summed E-state index contributed by atoms with van der Waals surface area (Å²) in [5.41, 5.74) is -0.533. The predicted octanol–water partition coefficient (Wildman–Crippen LogP) is 1.97. The predicted molar refractivity (Wildman–Crippen MR) is 93.2 cm³/mol. The van der Waals surface area contributed by atoms with Crippen LogP contribution in [0.25, 0.3) is 0 Å². The van der Waals surface area contributed by atoms with Crippen LogP contribution in [0.1, 0.15) is 29.6 Å². The first kappa shape index (κ1) is 18.8. The topological polar surface area (TPSA) is 66.9 Å². The summed E-state index contributed by atoms with van der Waals surface area (Å²) in [6, 6.07) is 5.84. The summed E-state index contributed by atoms with van der Waals surface area (Å²) >= 11 is 0. The van der Waals surface area contributed by atoms with Crippen molar-refractivity contribution < 1.29 is 26.7 Å². The maximum atomic E-state index is 13.5. The van der Waals surface area contributed by atoms with Gasteiger partial charge < -0.3 is 9.64 Å². The Bertz CT molecular complexity index is 827. The molecule has 1 spiro atoms. The number of likely N-dealkylation sites (tertiary alicyclic amines) is 1. The van der Waals surface area contributed by atoms with E-state index in [2.05, 4.69) is 0 Å². The molecule has 0 bridgehead atoms. The molecule has 0 atom stereocenters. The van der Waals surface area contributed by atoms with E-state index in [1.807, 2.05) is 0 Å². The van der Waals surface area contributed by atoms with Crippen LogP contribution in [0.2, 0.25) is 0 Å². The smallest absolute Gasteiger partial charge is 0.254 e. The quantitative estimate of drug-likeness (QED) is 0.778. The third-order valence-electron chi connectivity index (χ3n) is 5.93. The Hall–Kier alpha value is -1.58. The maximum Gasteiger partial charge on any atom is 0.254 e. The molecule has 148 valence electrons. The van der Waals surface area contributed by atoms with Crippen molar-refractivity contribution in [2.24, 2.45) is 5.41 Å². The zero-order chi connectivity index (χ0) is 19.3. The highest BCUT2D eigenvalue weighted by Crippen LogP contribution is 2.65. The average Bonchev–Trinajstić information content (AvgIpc) is 3.21. The molecule has 1 saturated carbocycles. The van der Waals surface area contributed by atoms with Crippen LogP contribution in [0, 0.1) is 5.41 Å². The van der Waals surface area contributed by atoms with Crippen molar-refractivity contribution in [3.05, 3.63) is 29.8 Å². The second-order valence-electron chi connectivity index (χ2n) is 7.49. The third-order valence-corrected chi connectivity index (χ3v) is 7.84. The number of hydrogen-bond acceptors (Lipinski definition) is 4. The lowest BCUT2D eigenvalue weighted by Crippen LogP contribution is -2.41. The molecular formula is C18H22F2N2O4S. The minimum Gasteiger partial charge on any atom is -0.379 e. The minimum atomic E-state index is -3.60. The zero-order valence-electron chi connectivity index (χ0n) is 14.9. The fraction of sp³-hybridized carbons (Fsp3) is 0.611. The lowest BCUT2D eigenvalue weighted by molar-refractivity contribution is 0.0284. The normalized spacial score (nSPS) is 24.7.